The Morgan fingerprint density at radius 2 is 1.83 bits per heavy atom. The van der Waals surface area contributed by atoms with E-state index >= 15 is 0 Å². The van der Waals surface area contributed by atoms with Crippen molar-refractivity contribution in [2.45, 2.75) is 19.6 Å². The first-order valence-electron chi connectivity index (χ1n) is 7.67. The Balaban J connectivity index is 1.64. The molecule has 0 N–H and O–H groups in total. The van der Waals surface area contributed by atoms with Crippen molar-refractivity contribution in [2.75, 3.05) is 4.90 Å². The second-order valence-corrected chi connectivity index (χ2v) is 5.53. The molecule has 1 amide bonds. The summed E-state index contributed by atoms with van der Waals surface area (Å²) < 4.78 is 11.0. The van der Waals surface area contributed by atoms with Gasteiger partial charge in [-0.1, -0.05) is 47.6 Å². The molecule has 0 saturated carbocycles. The predicted molar refractivity (Wildman–Crippen MR) is 87.5 cm³/mol. The van der Waals surface area contributed by atoms with Gasteiger partial charge in [-0.05, 0) is 19.1 Å². The fourth-order valence-corrected chi connectivity index (χ4v) is 2.68. The summed E-state index contributed by atoms with van der Waals surface area (Å²) in [5.41, 5.74) is 1.58. The number of rotatable bonds is 3. The number of hydrogen-bond acceptors (Lipinski definition) is 5. The SMILES string of the molecule is C[C@@H]1Oc2ccccc2N(Cc2nc(-c3ccccc3)no2)C1=O. The lowest BCUT2D eigenvalue weighted by Gasteiger charge is -2.31. The van der Waals surface area contributed by atoms with Crippen molar-refractivity contribution in [1.29, 1.82) is 0 Å². The highest BCUT2D eigenvalue weighted by atomic mass is 16.5. The smallest absolute Gasteiger partial charge is 0.268 e. The predicted octanol–water partition coefficient (Wildman–Crippen LogP) is 3.05. The van der Waals surface area contributed by atoms with Crippen molar-refractivity contribution in [1.82, 2.24) is 10.1 Å². The number of para-hydroxylation sites is 2. The van der Waals surface area contributed by atoms with Crippen molar-refractivity contribution in [3.63, 3.8) is 0 Å². The number of amides is 1. The van der Waals surface area contributed by atoms with Crippen LogP contribution in [-0.4, -0.2) is 22.2 Å². The van der Waals surface area contributed by atoms with Crippen LogP contribution in [0, 0.1) is 0 Å². The van der Waals surface area contributed by atoms with Crippen LogP contribution in [0.4, 0.5) is 5.69 Å². The van der Waals surface area contributed by atoms with Crippen molar-refractivity contribution < 1.29 is 14.1 Å². The number of nitrogens with zero attached hydrogens (tertiary/aromatic N) is 3. The Morgan fingerprint density at radius 3 is 2.67 bits per heavy atom. The molecule has 3 aromatic rings. The van der Waals surface area contributed by atoms with Crippen molar-refractivity contribution in [3.8, 4) is 17.1 Å². The lowest BCUT2D eigenvalue weighted by Crippen LogP contribution is -2.44. The molecule has 0 unspecified atom stereocenters. The number of aromatic nitrogens is 2. The summed E-state index contributed by atoms with van der Waals surface area (Å²) in [5.74, 6) is 1.43. The highest BCUT2D eigenvalue weighted by molar-refractivity contribution is 5.99. The molecule has 0 bridgehead atoms. The number of benzene rings is 2. The fourth-order valence-electron chi connectivity index (χ4n) is 2.68. The molecule has 1 atom stereocenters. The maximum atomic E-state index is 12.5. The molecule has 0 saturated heterocycles. The van der Waals surface area contributed by atoms with E-state index in [4.69, 9.17) is 9.26 Å². The van der Waals surface area contributed by atoms with Crippen molar-refractivity contribution in [2.24, 2.45) is 0 Å². The highest BCUT2D eigenvalue weighted by Gasteiger charge is 2.32. The Morgan fingerprint density at radius 1 is 1.08 bits per heavy atom. The molecule has 4 rings (SSSR count). The van der Waals surface area contributed by atoms with Gasteiger partial charge in [-0.2, -0.15) is 4.98 Å². The third-order valence-corrected chi connectivity index (χ3v) is 3.87. The average molecular weight is 321 g/mol. The molecule has 1 aromatic heterocycles. The minimum atomic E-state index is -0.545. The van der Waals surface area contributed by atoms with Crippen LogP contribution in [0.15, 0.2) is 59.1 Å². The lowest BCUT2D eigenvalue weighted by atomic mass is 10.2. The normalized spacial score (nSPS) is 16.6. The second-order valence-electron chi connectivity index (χ2n) is 5.53. The molecule has 1 aliphatic heterocycles. The van der Waals surface area contributed by atoms with E-state index in [-0.39, 0.29) is 12.5 Å². The topological polar surface area (TPSA) is 68.5 Å². The molecule has 6 nitrogen and oxygen atoms in total. The quantitative estimate of drug-likeness (QED) is 0.741. The number of ether oxygens (including phenoxy) is 1. The van der Waals surface area contributed by atoms with Gasteiger partial charge in [0.05, 0.1) is 5.69 Å². The van der Waals surface area contributed by atoms with E-state index in [1.54, 1.807) is 11.8 Å². The molecule has 0 spiro atoms. The Bertz CT molecular complexity index is 876. The molecule has 0 radical (unpaired) electrons. The summed E-state index contributed by atoms with van der Waals surface area (Å²) in [6, 6.07) is 17.0. The highest BCUT2D eigenvalue weighted by Crippen LogP contribution is 2.34. The molecular weight excluding hydrogens is 306 g/mol. The summed E-state index contributed by atoms with van der Waals surface area (Å²) in [5, 5.41) is 4.00. The third kappa shape index (κ3) is 2.52. The van der Waals surface area contributed by atoms with Crippen LogP contribution >= 0.6 is 0 Å². The first-order chi connectivity index (χ1) is 11.7. The number of hydrogen-bond donors (Lipinski definition) is 0. The monoisotopic (exact) mass is 321 g/mol. The van der Waals surface area contributed by atoms with Crippen LogP contribution < -0.4 is 9.64 Å². The average Bonchev–Trinajstić information content (AvgIpc) is 3.08. The molecule has 0 aliphatic carbocycles. The van der Waals surface area contributed by atoms with Gasteiger partial charge in [0.2, 0.25) is 11.7 Å². The first-order valence-corrected chi connectivity index (χ1v) is 7.67. The van der Waals surface area contributed by atoms with Crippen molar-refractivity contribution in [3.05, 3.63) is 60.5 Å². The van der Waals surface area contributed by atoms with E-state index < -0.39 is 6.10 Å². The molecule has 1 aliphatic rings. The number of carbonyl (C=O) groups is 1. The minimum absolute atomic E-state index is 0.131. The van der Waals surface area contributed by atoms with Crippen LogP contribution in [0.25, 0.3) is 11.4 Å². The van der Waals surface area contributed by atoms with Crippen LogP contribution in [0.1, 0.15) is 12.8 Å². The van der Waals surface area contributed by atoms with Gasteiger partial charge in [0.15, 0.2) is 6.10 Å². The molecule has 6 heteroatoms. The van der Waals surface area contributed by atoms with E-state index in [9.17, 15) is 4.79 Å². The third-order valence-electron chi connectivity index (χ3n) is 3.87. The van der Waals surface area contributed by atoms with Gasteiger partial charge < -0.3 is 9.26 Å². The Hall–Kier alpha value is -3.15. The minimum Gasteiger partial charge on any atom is -0.479 e. The number of carbonyl (C=O) groups excluding carboxylic acids is 1. The van der Waals surface area contributed by atoms with Gasteiger partial charge in [0, 0.05) is 5.56 Å². The van der Waals surface area contributed by atoms with E-state index in [1.165, 1.54) is 0 Å². The van der Waals surface area contributed by atoms with Gasteiger partial charge >= 0.3 is 0 Å². The molecule has 0 fully saturated rings. The van der Waals surface area contributed by atoms with Crippen LogP contribution in [0.5, 0.6) is 5.75 Å². The van der Waals surface area contributed by atoms with E-state index in [0.29, 0.717) is 23.2 Å². The molecular formula is C18H15N3O3. The number of fused-ring (bicyclic) bond motifs is 1. The first kappa shape index (κ1) is 14.4. The summed E-state index contributed by atoms with van der Waals surface area (Å²) in [4.78, 5) is 18.5. The second kappa shape index (κ2) is 5.81. The molecule has 2 aromatic carbocycles. The summed E-state index contributed by atoms with van der Waals surface area (Å²) in [6.45, 7) is 1.94. The lowest BCUT2D eigenvalue weighted by molar-refractivity contribution is -0.125. The van der Waals surface area contributed by atoms with Crippen molar-refractivity contribution >= 4 is 11.6 Å². The standard InChI is InChI=1S/C18H15N3O3/c1-12-18(22)21(14-9-5-6-10-15(14)23-12)11-16-19-17(20-24-16)13-7-3-2-4-8-13/h2-10,12H,11H2,1H3/t12-/m0/s1. The summed E-state index contributed by atoms with van der Waals surface area (Å²) in [7, 11) is 0. The van der Waals surface area contributed by atoms with Crippen LogP contribution in [0.2, 0.25) is 0 Å². The summed E-state index contributed by atoms with van der Waals surface area (Å²) in [6.07, 6.45) is -0.545. The van der Waals surface area contributed by atoms with Gasteiger partial charge in [-0.25, -0.2) is 0 Å². The van der Waals surface area contributed by atoms with E-state index in [1.807, 2.05) is 54.6 Å². The van der Waals surface area contributed by atoms with Crippen LogP contribution in [0.3, 0.4) is 0 Å². The van der Waals surface area contributed by atoms with Gasteiger partial charge in [-0.15, -0.1) is 0 Å². The molecule has 120 valence electrons. The maximum absolute atomic E-state index is 12.5. The van der Waals surface area contributed by atoms with E-state index in [2.05, 4.69) is 10.1 Å². The zero-order valence-electron chi connectivity index (χ0n) is 13.0. The van der Waals surface area contributed by atoms with Gasteiger partial charge in [0.1, 0.15) is 12.3 Å². The fraction of sp³-hybridized carbons (Fsp3) is 0.167. The van der Waals surface area contributed by atoms with Gasteiger partial charge in [-0.3, -0.25) is 9.69 Å². The largest absolute Gasteiger partial charge is 0.479 e. The van der Waals surface area contributed by atoms with Crippen LogP contribution in [-0.2, 0) is 11.3 Å². The molecule has 24 heavy (non-hydrogen) atoms. The Labute approximate surface area is 138 Å². The summed E-state index contributed by atoms with van der Waals surface area (Å²) >= 11 is 0. The zero-order chi connectivity index (χ0) is 16.5. The number of anilines is 1. The maximum Gasteiger partial charge on any atom is 0.268 e. The van der Waals surface area contributed by atoms with Gasteiger partial charge in [0.25, 0.3) is 5.91 Å². The molecule has 2 heterocycles. The zero-order valence-corrected chi connectivity index (χ0v) is 13.0. The van der Waals surface area contributed by atoms with E-state index in [0.717, 1.165) is 5.56 Å². The Kier molecular flexibility index (Phi) is 3.49.